The van der Waals surface area contributed by atoms with Crippen molar-refractivity contribution < 1.29 is 19.1 Å². The van der Waals surface area contributed by atoms with Crippen molar-refractivity contribution >= 4 is 34.1 Å². The van der Waals surface area contributed by atoms with Crippen LogP contribution in [0.3, 0.4) is 0 Å². The van der Waals surface area contributed by atoms with Gasteiger partial charge in [0.05, 0.1) is 7.11 Å². The van der Waals surface area contributed by atoms with Gasteiger partial charge in [-0.15, -0.1) is 0 Å². The minimum Gasteiger partial charge on any atom is -0.496 e. The Morgan fingerprint density at radius 3 is 2.19 bits per heavy atom. The number of fused-ring (bicyclic) bond motifs is 1. The van der Waals surface area contributed by atoms with Crippen LogP contribution in [0.2, 0.25) is 5.02 Å². The Bertz CT molecular complexity index is 963. The Morgan fingerprint density at radius 2 is 1.58 bits per heavy atom. The summed E-state index contributed by atoms with van der Waals surface area (Å²) in [4.78, 5) is 25.0. The van der Waals surface area contributed by atoms with Gasteiger partial charge in [0.25, 0.3) is 0 Å². The first kappa shape index (κ1) is 18.0. The zero-order chi connectivity index (χ0) is 18.7. The molecule has 0 heterocycles. The van der Waals surface area contributed by atoms with Crippen LogP contribution in [0.4, 0.5) is 0 Å². The molecule has 0 amide bonds. The number of Topliss-reactive ketones (excluding diaryl/α,β-unsaturated/α-hetero) is 1. The van der Waals surface area contributed by atoms with Gasteiger partial charge in [-0.05, 0) is 54.1 Å². The highest BCUT2D eigenvalue weighted by molar-refractivity contribution is 6.30. The SMILES string of the molecule is COc1cc2ccccc2cc1C(=O)O[C@@H](C)C(=O)c1ccc(Cl)cc1. The van der Waals surface area contributed by atoms with Gasteiger partial charge in [-0.1, -0.05) is 35.9 Å². The second kappa shape index (κ2) is 7.58. The summed E-state index contributed by atoms with van der Waals surface area (Å²) in [5.74, 6) is -0.503. The molecule has 0 saturated carbocycles. The first-order chi connectivity index (χ1) is 12.5. The number of esters is 1. The third-order valence-electron chi connectivity index (χ3n) is 4.07. The lowest BCUT2D eigenvalue weighted by Gasteiger charge is -2.15. The second-order valence-corrected chi connectivity index (χ2v) is 6.25. The minimum absolute atomic E-state index is 0.280. The van der Waals surface area contributed by atoms with Crippen LogP contribution < -0.4 is 4.74 Å². The highest BCUT2D eigenvalue weighted by atomic mass is 35.5. The zero-order valence-corrected chi connectivity index (χ0v) is 15.1. The van der Waals surface area contributed by atoms with Gasteiger partial charge < -0.3 is 9.47 Å². The Labute approximate surface area is 156 Å². The second-order valence-electron chi connectivity index (χ2n) is 5.82. The molecule has 132 valence electrons. The lowest BCUT2D eigenvalue weighted by atomic mass is 10.1. The molecular weight excluding hydrogens is 352 g/mol. The average Bonchev–Trinajstić information content (AvgIpc) is 2.66. The van der Waals surface area contributed by atoms with Crippen LogP contribution in [0.1, 0.15) is 27.6 Å². The number of rotatable bonds is 5. The third-order valence-corrected chi connectivity index (χ3v) is 4.32. The molecule has 0 radical (unpaired) electrons. The van der Waals surface area contributed by atoms with Gasteiger partial charge in [0.1, 0.15) is 11.3 Å². The molecule has 3 aromatic carbocycles. The number of ketones is 1. The van der Waals surface area contributed by atoms with Gasteiger partial charge in [-0.25, -0.2) is 4.79 Å². The third kappa shape index (κ3) is 3.70. The van der Waals surface area contributed by atoms with Crippen molar-refractivity contribution in [1.29, 1.82) is 0 Å². The van der Waals surface area contributed by atoms with Crippen LogP contribution in [-0.2, 0) is 4.74 Å². The van der Waals surface area contributed by atoms with Gasteiger partial charge in [-0.2, -0.15) is 0 Å². The van der Waals surface area contributed by atoms with Crippen molar-refractivity contribution in [2.45, 2.75) is 13.0 Å². The van der Waals surface area contributed by atoms with E-state index in [1.54, 1.807) is 43.3 Å². The summed E-state index contributed by atoms with van der Waals surface area (Å²) < 4.78 is 10.7. The summed E-state index contributed by atoms with van der Waals surface area (Å²) in [6.45, 7) is 1.54. The summed E-state index contributed by atoms with van der Waals surface area (Å²) in [6, 6.07) is 17.5. The summed E-state index contributed by atoms with van der Waals surface area (Å²) in [5.41, 5.74) is 0.710. The van der Waals surface area contributed by atoms with Gasteiger partial charge in [0.15, 0.2) is 6.10 Å². The molecule has 0 fully saturated rings. The van der Waals surface area contributed by atoms with Gasteiger partial charge in [0, 0.05) is 10.6 Å². The molecule has 3 rings (SSSR count). The van der Waals surface area contributed by atoms with E-state index < -0.39 is 12.1 Å². The first-order valence-electron chi connectivity index (χ1n) is 8.07. The van der Waals surface area contributed by atoms with Crippen LogP contribution in [-0.4, -0.2) is 25.0 Å². The van der Waals surface area contributed by atoms with Crippen LogP contribution in [0.15, 0.2) is 60.7 Å². The van der Waals surface area contributed by atoms with Crippen molar-refractivity contribution in [2.75, 3.05) is 7.11 Å². The molecule has 0 aromatic heterocycles. The maximum Gasteiger partial charge on any atom is 0.342 e. The molecule has 0 N–H and O–H groups in total. The first-order valence-corrected chi connectivity index (χ1v) is 8.45. The fraction of sp³-hybridized carbons (Fsp3) is 0.143. The van der Waals surface area contributed by atoms with E-state index in [4.69, 9.17) is 21.1 Å². The highest BCUT2D eigenvalue weighted by Crippen LogP contribution is 2.27. The molecule has 0 saturated heterocycles. The van der Waals surface area contributed by atoms with Crippen LogP contribution >= 0.6 is 11.6 Å². The number of benzene rings is 3. The smallest absolute Gasteiger partial charge is 0.342 e. The largest absolute Gasteiger partial charge is 0.496 e. The van der Waals surface area contributed by atoms with Crippen molar-refractivity contribution in [3.63, 3.8) is 0 Å². The highest BCUT2D eigenvalue weighted by Gasteiger charge is 2.23. The number of ether oxygens (including phenoxy) is 2. The molecule has 4 nitrogen and oxygen atoms in total. The van der Waals surface area contributed by atoms with E-state index in [2.05, 4.69) is 0 Å². The molecule has 0 aliphatic heterocycles. The van der Waals surface area contributed by atoms with E-state index >= 15 is 0 Å². The zero-order valence-electron chi connectivity index (χ0n) is 14.4. The van der Waals surface area contributed by atoms with E-state index in [1.807, 2.05) is 24.3 Å². The van der Waals surface area contributed by atoms with E-state index in [-0.39, 0.29) is 11.3 Å². The van der Waals surface area contributed by atoms with Crippen molar-refractivity contribution in [3.8, 4) is 5.75 Å². The van der Waals surface area contributed by atoms with Crippen LogP contribution in [0.25, 0.3) is 10.8 Å². The molecular formula is C21H17ClO4. The predicted molar refractivity (Wildman–Crippen MR) is 101 cm³/mol. The lowest BCUT2D eigenvalue weighted by Crippen LogP contribution is -2.24. The Hall–Kier alpha value is -2.85. The quantitative estimate of drug-likeness (QED) is 0.473. The molecule has 3 aromatic rings. The van der Waals surface area contributed by atoms with Crippen molar-refractivity contribution in [1.82, 2.24) is 0 Å². The minimum atomic E-state index is -0.931. The predicted octanol–water partition coefficient (Wildman–Crippen LogP) is 4.93. The number of halogens is 1. The molecule has 0 aliphatic rings. The number of methoxy groups -OCH3 is 1. The van der Waals surface area contributed by atoms with Crippen molar-refractivity contribution in [2.24, 2.45) is 0 Å². The van der Waals surface area contributed by atoms with Crippen molar-refractivity contribution in [3.05, 3.63) is 76.8 Å². The van der Waals surface area contributed by atoms with Gasteiger partial charge in [0.2, 0.25) is 5.78 Å². The Balaban J connectivity index is 1.83. The fourth-order valence-electron chi connectivity index (χ4n) is 2.67. The van der Waals surface area contributed by atoms with E-state index in [1.165, 1.54) is 7.11 Å². The fourth-order valence-corrected chi connectivity index (χ4v) is 2.80. The molecule has 0 aliphatic carbocycles. The topological polar surface area (TPSA) is 52.6 Å². The standard InChI is InChI=1S/C21H17ClO4/c1-13(20(23)14-7-9-17(22)10-8-14)26-21(24)18-11-15-5-3-4-6-16(15)12-19(18)25-2/h3-13H,1-2H3/t13-/m0/s1. The maximum absolute atomic E-state index is 12.6. The summed E-state index contributed by atoms with van der Waals surface area (Å²) in [5, 5.41) is 2.37. The normalized spacial score (nSPS) is 11.8. The number of carbonyl (C=O) groups is 2. The molecule has 0 unspecified atom stereocenters. The Morgan fingerprint density at radius 1 is 0.962 bits per heavy atom. The average molecular weight is 369 g/mol. The van der Waals surface area contributed by atoms with Gasteiger partial charge >= 0.3 is 5.97 Å². The number of carbonyl (C=O) groups excluding carboxylic acids is 2. The van der Waals surface area contributed by atoms with E-state index in [9.17, 15) is 9.59 Å². The van der Waals surface area contributed by atoms with Crippen LogP contribution in [0, 0.1) is 0 Å². The van der Waals surface area contributed by atoms with Crippen LogP contribution in [0.5, 0.6) is 5.75 Å². The molecule has 26 heavy (non-hydrogen) atoms. The molecule has 0 spiro atoms. The molecule has 0 bridgehead atoms. The summed E-state index contributed by atoms with van der Waals surface area (Å²) >= 11 is 5.83. The van der Waals surface area contributed by atoms with E-state index in [0.29, 0.717) is 16.3 Å². The summed E-state index contributed by atoms with van der Waals surface area (Å²) in [6.07, 6.45) is -0.931. The van der Waals surface area contributed by atoms with Gasteiger partial charge in [-0.3, -0.25) is 4.79 Å². The molecule has 1 atom stereocenters. The monoisotopic (exact) mass is 368 g/mol. The molecule has 5 heteroatoms. The Kier molecular flexibility index (Phi) is 5.24. The van der Waals surface area contributed by atoms with E-state index in [0.717, 1.165) is 10.8 Å². The number of hydrogen-bond acceptors (Lipinski definition) is 4. The summed E-state index contributed by atoms with van der Waals surface area (Å²) in [7, 11) is 1.49. The maximum atomic E-state index is 12.6. The lowest BCUT2D eigenvalue weighted by molar-refractivity contribution is 0.0316. The number of hydrogen-bond donors (Lipinski definition) is 0.